The third-order valence-electron chi connectivity index (χ3n) is 3.14. The normalized spacial score (nSPS) is 11.7. The molecule has 1 aromatic carbocycles. The molecule has 0 radical (unpaired) electrons. The molecule has 0 spiro atoms. The summed E-state index contributed by atoms with van der Waals surface area (Å²) < 4.78 is 5.11. The Labute approximate surface area is 122 Å². The van der Waals surface area contributed by atoms with E-state index in [2.05, 4.69) is 15.5 Å². The summed E-state index contributed by atoms with van der Waals surface area (Å²) >= 11 is 0. The number of hydrogen-bond donors (Lipinski definition) is 2. The number of amides is 1. The van der Waals surface area contributed by atoms with Crippen molar-refractivity contribution < 1.29 is 9.53 Å². The van der Waals surface area contributed by atoms with Gasteiger partial charge in [-0.05, 0) is 30.2 Å². The third kappa shape index (κ3) is 3.68. The second-order valence-electron chi connectivity index (χ2n) is 4.51. The second-order valence-corrected chi connectivity index (χ2v) is 4.51. The Morgan fingerprint density at radius 2 is 2.00 bits per heavy atom. The Morgan fingerprint density at radius 3 is 2.52 bits per heavy atom. The van der Waals surface area contributed by atoms with Crippen LogP contribution in [0.4, 0.5) is 0 Å². The molecule has 110 valence electrons. The number of aromatic nitrogens is 2. The van der Waals surface area contributed by atoms with Crippen molar-refractivity contribution in [2.45, 2.75) is 19.4 Å². The zero-order valence-corrected chi connectivity index (χ0v) is 11.9. The van der Waals surface area contributed by atoms with Gasteiger partial charge in [0.1, 0.15) is 11.4 Å². The topological polar surface area (TPSA) is 84.1 Å². The highest BCUT2D eigenvalue weighted by Crippen LogP contribution is 2.20. The number of benzene rings is 1. The number of aromatic amines is 1. The summed E-state index contributed by atoms with van der Waals surface area (Å²) in [6.07, 6.45) is 0.738. The molecule has 0 saturated heterocycles. The quantitative estimate of drug-likeness (QED) is 0.876. The summed E-state index contributed by atoms with van der Waals surface area (Å²) in [4.78, 5) is 23.0. The van der Waals surface area contributed by atoms with E-state index in [0.717, 1.165) is 17.7 Å². The number of carbonyl (C=O) groups excluding carboxylic acids is 1. The molecule has 0 aliphatic carbocycles. The highest BCUT2D eigenvalue weighted by Gasteiger charge is 2.15. The lowest BCUT2D eigenvalue weighted by atomic mass is 10.0. The Kier molecular flexibility index (Phi) is 4.71. The Balaban J connectivity index is 2.12. The Hall–Kier alpha value is -2.63. The van der Waals surface area contributed by atoms with Crippen molar-refractivity contribution in [3.63, 3.8) is 0 Å². The lowest BCUT2D eigenvalue weighted by Crippen LogP contribution is -2.29. The molecule has 0 unspecified atom stereocenters. The lowest BCUT2D eigenvalue weighted by Gasteiger charge is -2.17. The molecule has 0 bridgehead atoms. The van der Waals surface area contributed by atoms with Gasteiger partial charge in [0, 0.05) is 6.07 Å². The van der Waals surface area contributed by atoms with Gasteiger partial charge in [-0.15, -0.1) is 0 Å². The molecule has 2 N–H and O–H groups in total. The molecular weight excluding hydrogens is 270 g/mol. The first kappa shape index (κ1) is 14.8. The fourth-order valence-corrected chi connectivity index (χ4v) is 1.96. The molecule has 0 saturated carbocycles. The highest BCUT2D eigenvalue weighted by molar-refractivity contribution is 5.92. The predicted octanol–water partition coefficient (Wildman–Crippen LogP) is 1.66. The SMILES string of the molecule is CC[C@@H](NC(=O)c1ccc(=O)[nH]n1)c1ccc(OC)cc1. The minimum atomic E-state index is -0.339. The minimum absolute atomic E-state index is 0.128. The van der Waals surface area contributed by atoms with E-state index in [1.165, 1.54) is 12.1 Å². The number of nitrogens with zero attached hydrogens (tertiary/aromatic N) is 1. The van der Waals surface area contributed by atoms with Crippen LogP contribution in [-0.2, 0) is 0 Å². The molecule has 21 heavy (non-hydrogen) atoms. The first-order valence-corrected chi connectivity index (χ1v) is 6.64. The van der Waals surface area contributed by atoms with Gasteiger partial charge < -0.3 is 10.1 Å². The van der Waals surface area contributed by atoms with Crippen LogP contribution in [-0.4, -0.2) is 23.2 Å². The van der Waals surface area contributed by atoms with E-state index in [1.807, 2.05) is 31.2 Å². The van der Waals surface area contributed by atoms with Crippen LogP contribution < -0.4 is 15.6 Å². The average molecular weight is 287 g/mol. The highest BCUT2D eigenvalue weighted by atomic mass is 16.5. The molecule has 1 amide bonds. The number of nitrogens with one attached hydrogen (secondary N) is 2. The van der Waals surface area contributed by atoms with Gasteiger partial charge in [-0.2, -0.15) is 5.10 Å². The molecule has 0 aliphatic rings. The zero-order chi connectivity index (χ0) is 15.2. The van der Waals surface area contributed by atoms with Crippen molar-refractivity contribution in [1.29, 1.82) is 0 Å². The van der Waals surface area contributed by atoms with Crippen LogP contribution in [0, 0.1) is 0 Å². The van der Waals surface area contributed by atoms with Gasteiger partial charge in [-0.1, -0.05) is 19.1 Å². The smallest absolute Gasteiger partial charge is 0.272 e. The summed E-state index contributed by atoms with van der Waals surface area (Å²) in [5.41, 5.74) is 0.825. The summed E-state index contributed by atoms with van der Waals surface area (Å²) in [7, 11) is 1.61. The van der Waals surface area contributed by atoms with E-state index in [9.17, 15) is 9.59 Å². The molecule has 6 nitrogen and oxygen atoms in total. The Bertz CT molecular complexity index is 644. The standard InChI is InChI=1S/C15H17N3O3/c1-3-12(10-4-6-11(21-2)7-5-10)16-15(20)13-8-9-14(19)18-17-13/h4-9,12H,3H2,1-2H3,(H,16,20)(H,18,19)/t12-/m1/s1. The van der Waals surface area contributed by atoms with E-state index >= 15 is 0 Å². The van der Waals surface area contributed by atoms with Crippen LogP contribution >= 0.6 is 0 Å². The maximum absolute atomic E-state index is 12.1. The van der Waals surface area contributed by atoms with Crippen LogP contribution in [0.2, 0.25) is 0 Å². The lowest BCUT2D eigenvalue weighted by molar-refractivity contribution is 0.0929. The summed E-state index contributed by atoms with van der Waals surface area (Å²) in [5, 5.41) is 8.85. The van der Waals surface area contributed by atoms with Crippen molar-refractivity contribution in [3.05, 3.63) is 58.0 Å². The van der Waals surface area contributed by atoms with Crippen molar-refractivity contribution in [2.24, 2.45) is 0 Å². The van der Waals surface area contributed by atoms with Gasteiger partial charge in [0.15, 0.2) is 0 Å². The third-order valence-corrected chi connectivity index (χ3v) is 3.14. The molecule has 0 fully saturated rings. The molecule has 6 heteroatoms. The molecule has 1 atom stereocenters. The number of ether oxygens (including phenoxy) is 1. The van der Waals surface area contributed by atoms with Crippen molar-refractivity contribution in [2.75, 3.05) is 7.11 Å². The number of methoxy groups -OCH3 is 1. The maximum atomic E-state index is 12.1. The van der Waals surface area contributed by atoms with Crippen LogP contribution in [0.5, 0.6) is 5.75 Å². The van der Waals surface area contributed by atoms with E-state index < -0.39 is 0 Å². The summed E-state index contributed by atoms with van der Waals surface area (Å²) in [5.74, 6) is 0.441. The largest absolute Gasteiger partial charge is 0.497 e. The van der Waals surface area contributed by atoms with Crippen molar-refractivity contribution in [3.8, 4) is 5.75 Å². The van der Waals surface area contributed by atoms with Crippen LogP contribution in [0.3, 0.4) is 0 Å². The minimum Gasteiger partial charge on any atom is -0.497 e. The van der Waals surface area contributed by atoms with E-state index in [4.69, 9.17) is 4.74 Å². The van der Waals surface area contributed by atoms with Crippen LogP contribution in [0.1, 0.15) is 35.4 Å². The second kappa shape index (κ2) is 6.69. The van der Waals surface area contributed by atoms with E-state index in [-0.39, 0.29) is 23.2 Å². The van der Waals surface area contributed by atoms with Gasteiger partial charge >= 0.3 is 0 Å². The van der Waals surface area contributed by atoms with Crippen LogP contribution in [0.15, 0.2) is 41.2 Å². The van der Waals surface area contributed by atoms with Gasteiger partial charge in [0.2, 0.25) is 0 Å². The van der Waals surface area contributed by atoms with Gasteiger partial charge in [-0.25, -0.2) is 5.10 Å². The predicted molar refractivity (Wildman–Crippen MR) is 78.3 cm³/mol. The number of carbonyl (C=O) groups is 1. The molecule has 2 aromatic rings. The van der Waals surface area contributed by atoms with E-state index in [0.29, 0.717) is 0 Å². The summed E-state index contributed by atoms with van der Waals surface area (Å²) in [6, 6.07) is 10.1. The molecular formula is C15H17N3O3. The average Bonchev–Trinajstić information content (AvgIpc) is 2.53. The fourth-order valence-electron chi connectivity index (χ4n) is 1.96. The fraction of sp³-hybridized carbons (Fsp3) is 0.267. The molecule has 1 heterocycles. The van der Waals surface area contributed by atoms with Crippen molar-refractivity contribution in [1.82, 2.24) is 15.5 Å². The van der Waals surface area contributed by atoms with Gasteiger partial charge in [0.05, 0.1) is 13.2 Å². The van der Waals surface area contributed by atoms with E-state index in [1.54, 1.807) is 7.11 Å². The first-order chi connectivity index (χ1) is 10.1. The first-order valence-electron chi connectivity index (χ1n) is 6.64. The van der Waals surface area contributed by atoms with Crippen LogP contribution in [0.25, 0.3) is 0 Å². The summed E-state index contributed by atoms with van der Waals surface area (Å²) in [6.45, 7) is 1.98. The van der Waals surface area contributed by atoms with Gasteiger partial charge in [-0.3, -0.25) is 9.59 Å². The van der Waals surface area contributed by atoms with Gasteiger partial charge in [0.25, 0.3) is 11.5 Å². The molecule has 2 rings (SSSR count). The Morgan fingerprint density at radius 1 is 1.29 bits per heavy atom. The number of H-pyrrole nitrogens is 1. The molecule has 0 aliphatic heterocycles. The number of hydrogen-bond acceptors (Lipinski definition) is 4. The maximum Gasteiger partial charge on any atom is 0.272 e. The number of rotatable bonds is 5. The monoisotopic (exact) mass is 287 g/mol. The molecule has 1 aromatic heterocycles. The van der Waals surface area contributed by atoms with Crippen molar-refractivity contribution >= 4 is 5.91 Å². The zero-order valence-electron chi connectivity index (χ0n) is 11.9.